The van der Waals surface area contributed by atoms with Gasteiger partial charge in [-0.3, -0.25) is 0 Å². The van der Waals surface area contributed by atoms with Crippen molar-refractivity contribution >= 4 is 0 Å². The molecule has 152 valence electrons. The van der Waals surface area contributed by atoms with Gasteiger partial charge in [0.05, 0.1) is 0 Å². The Morgan fingerprint density at radius 3 is 1.56 bits per heavy atom. The van der Waals surface area contributed by atoms with Crippen molar-refractivity contribution in [2.75, 3.05) is 19.6 Å². The third-order valence-electron chi connectivity index (χ3n) is 6.15. The highest BCUT2D eigenvalue weighted by Crippen LogP contribution is 2.37. The topological polar surface area (TPSA) is 3.24 Å². The molecule has 0 aromatic rings. The Kier molecular flexibility index (Phi) is 15.0. The fraction of sp³-hybridized carbons (Fsp3) is 1.00. The molecule has 0 heterocycles. The van der Waals surface area contributed by atoms with Crippen molar-refractivity contribution in [1.29, 1.82) is 0 Å². The molecule has 0 saturated carbocycles. The van der Waals surface area contributed by atoms with Crippen molar-refractivity contribution in [3.63, 3.8) is 0 Å². The van der Waals surface area contributed by atoms with Gasteiger partial charge >= 0.3 is 0 Å². The Morgan fingerprint density at radius 1 is 0.600 bits per heavy atom. The first-order valence-electron chi connectivity index (χ1n) is 11.6. The molecule has 1 heteroatoms. The van der Waals surface area contributed by atoms with Crippen LogP contribution in [0.25, 0.3) is 0 Å². The van der Waals surface area contributed by atoms with Crippen molar-refractivity contribution in [3.8, 4) is 0 Å². The van der Waals surface area contributed by atoms with Crippen LogP contribution in [0.2, 0.25) is 0 Å². The maximum Gasteiger partial charge on any atom is 0.000702 e. The molecule has 1 nitrogen and oxygen atoms in total. The number of nitrogens with zero attached hydrogens (tertiary/aromatic N) is 1. The molecule has 0 aliphatic carbocycles. The van der Waals surface area contributed by atoms with Crippen LogP contribution in [0.3, 0.4) is 0 Å². The van der Waals surface area contributed by atoms with Gasteiger partial charge in [-0.05, 0) is 61.9 Å². The number of hydrogen-bond donors (Lipinski definition) is 0. The third-order valence-corrected chi connectivity index (χ3v) is 6.15. The lowest BCUT2D eigenvalue weighted by atomic mass is 9.71. The summed E-state index contributed by atoms with van der Waals surface area (Å²) in [4.78, 5) is 2.69. The van der Waals surface area contributed by atoms with Crippen LogP contribution in [-0.4, -0.2) is 24.5 Å². The average Bonchev–Trinajstić information content (AvgIpc) is 2.56. The summed E-state index contributed by atoms with van der Waals surface area (Å²) in [6.45, 7) is 23.1. The minimum Gasteiger partial charge on any atom is -0.303 e. The molecule has 0 aromatic carbocycles. The molecule has 0 bridgehead atoms. The van der Waals surface area contributed by atoms with Crippen LogP contribution < -0.4 is 0 Å². The van der Waals surface area contributed by atoms with Crippen LogP contribution in [0.5, 0.6) is 0 Å². The van der Waals surface area contributed by atoms with Crippen LogP contribution in [0.15, 0.2) is 0 Å². The van der Waals surface area contributed by atoms with Gasteiger partial charge in [0.1, 0.15) is 0 Å². The van der Waals surface area contributed by atoms with Gasteiger partial charge in [-0.1, -0.05) is 87.5 Å². The molecule has 0 radical (unpaired) electrons. The van der Waals surface area contributed by atoms with Crippen molar-refractivity contribution < 1.29 is 0 Å². The smallest absolute Gasteiger partial charge is 0.000702 e. The van der Waals surface area contributed by atoms with E-state index in [0.29, 0.717) is 0 Å². The first-order chi connectivity index (χ1) is 11.9. The van der Waals surface area contributed by atoms with E-state index in [1.807, 2.05) is 0 Å². The van der Waals surface area contributed by atoms with Crippen molar-refractivity contribution in [3.05, 3.63) is 0 Å². The molecule has 4 unspecified atom stereocenters. The third kappa shape index (κ3) is 10.6. The summed E-state index contributed by atoms with van der Waals surface area (Å²) in [6.07, 6.45) is 10.9. The highest BCUT2D eigenvalue weighted by molar-refractivity contribution is 4.78. The molecule has 0 aromatic heterocycles. The molecule has 0 saturated heterocycles. The summed E-state index contributed by atoms with van der Waals surface area (Å²) in [5.74, 6) is 4.41. The standard InChI is InChI=1S/C24H51N/c1-9-13-23(20(5)6)24(14-10-2)22(8)16-15-21(7)19-25(17-11-3)18-12-4/h20-24H,9-19H2,1-8H3. The lowest BCUT2D eigenvalue weighted by Crippen LogP contribution is -2.31. The lowest BCUT2D eigenvalue weighted by molar-refractivity contribution is 0.146. The van der Waals surface area contributed by atoms with Gasteiger partial charge in [0.2, 0.25) is 0 Å². The first kappa shape index (κ1) is 25.0. The summed E-state index contributed by atoms with van der Waals surface area (Å²) < 4.78 is 0. The fourth-order valence-electron chi connectivity index (χ4n) is 4.85. The van der Waals surface area contributed by atoms with Gasteiger partial charge in [-0.25, -0.2) is 0 Å². The lowest BCUT2D eigenvalue weighted by Gasteiger charge is -2.35. The Bertz CT molecular complexity index is 280. The maximum atomic E-state index is 2.69. The molecule has 0 amide bonds. The maximum absolute atomic E-state index is 2.69. The van der Waals surface area contributed by atoms with E-state index in [1.165, 1.54) is 71.0 Å². The van der Waals surface area contributed by atoms with Crippen LogP contribution in [0.4, 0.5) is 0 Å². The minimum absolute atomic E-state index is 0.834. The summed E-state index contributed by atoms with van der Waals surface area (Å²) in [7, 11) is 0. The molecule has 0 rings (SSSR count). The molecule has 25 heavy (non-hydrogen) atoms. The molecule has 0 spiro atoms. The normalized spacial score (nSPS) is 17.0. The van der Waals surface area contributed by atoms with E-state index < -0.39 is 0 Å². The van der Waals surface area contributed by atoms with Gasteiger partial charge in [-0.15, -0.1) is 0 Å². The van der Waals surface area contributed by atoms with E-state index in [4.69, 9.17) is 0 Å². The second-order valence-electron chi connectivity index (χ2n) is 9.11. The van der Waals surface area contributed by atoms with Gasteiger partial charge in [0.15, 0.2) is 0 Å². The fourth-order valence-corrected chi connectivity index (χ4v) is 4.85. The van der Waals surface area contributed by atoms with Gasteiger partial charge in [-0.2, -0.15) is 0 Å². The number of rotatable bonds is 16. The van der Waals surface area contributed by atoms with E-state index >= 15 is 0 Å². The van der Waals surface area contributed by atoms with Crippen molar-refractivity contribution in [1.82, 2.24) is 4.90 Å². The predicted molar refractivity (Wildman–Crippen MR) is 116 cm³/mol. The highest BCUT2D eigenvalue weighted by atomic mass is 15.1. The van der Waals surface area contributed by atoms with E-state index in [2.05, 4.69) is 60.3 Å². The molecular weight excluding hydrogens is 302 g/mol. The monoisotopic (exact) mass is 353 g/mol. The van der Waals surface area contributed by atoms with E-state index in [1.54, 1.807) is 0 Å². The highest BCUT2D eigenvalue weighted by Gasteiger charge is 2.28. The second kappa shape index (κ2) is 15.1. The van der Waals surface area contributed by atoms with E-state index in [9.17, 15) is 0 Å². The zero-order chi connectivity index (χ0) is 19.2. The molecule has 0 aliphatic rings. The molecule has 0 fully saturated rings. The zero-order valence-corrected chi connectivity index (χ0v) is 19.1. The van der Waals surface area contributed by atoms with Crippen LogP contribution in [-0.2, 0) is 0 Å². The van der Waals surface area contributed by atoms with Crippen LogP contribution in [0.1, 0.15) is 107 Å². The van der Waals surface area contributed by atoms with Crippen LogP contribution >= 0.6 is 0 Å². The Labute approximate surface area is 161 Å². The summed E-state index contributed by atoms with van der Waals surface area (Å²) in [5, 5.41) is 0. The molecular formula is C24H51N. The Morgan fingerprint density at radius 2 is 1.12 bits per heavy atom. The quantitative estimate of drug-likeness (QED) is 0.275. The second-order valence-corrected chi connectivity index (χ2v) is 9.11. The number of hydrogen-bond acceptors (Lipinski definition) is 1. The predicted octanol–water partition coefficient (Wildman–Crippen LogP) is 7.65. The zero-order valence-electron chi connectivity index (χ0n) is 19.1. The van der Waals surface area contributed by atoms with Crippen molar-refractivity contribution in [2.45, 2.75) is 107 Å². The van der Waals surface area contributed by atoms with Crippen LogP contribution in [0, 0.1) is 29.6 Å². The van der Waals surface area contributed by atoms with Gasteiger partial charge < -0.3 is 4.90 Å². The summed E-state index contributed by atoms with van der Waals surface area (Å²) in [5.41, 5.74) is 0. The molecule has 0 aliphatic heterocycles. The summed E-state index contributed by atoms with van der Waals surface area (Å²) in [6, 6.07) is 0. The Hall–Kier alpha value is -0.0400. The Balaban J connectivity index is 4.59. The van der Waals surface area contributed by atoms with Gasteiger partial charge in [0, 0.05) is 6.54 Å². The van der Waals surface area contributed by atoms with E-state index in [-0.39, 0.29) is 0 Å². The van der Waals surface area contributed by atoms with Gasteiger partial charge in [0.25, 0.3) is 0 Å². The largest absolute Gasteiger partial charge is 0.303 e. The molecule has 4 atom stereocenters. The average molecular weight is 354 g/mol. The SMILES string of the molecule is CCCC(C(C)C)C(CCC)C(C)CCC(C)CN(CCC)CCC. The minimum atomic E-state index is 0.834. The summed E-state index contributed by atoms with van der Waals surface area (Å²) >= 11 is 0. The molecule has 0 N–H and O–H groups in total. The van der Waals surface area contributed by atoms with Crippen molar-refractivity contribution in [2.24, 2.45) is 29.6 Å². The first-order valence-corrected chi connectivity index (χ1v) is 11.6. The van der Waals surface area contributed by atoms with E-state index in [0.717, 1.165) is 29.6 Å².